The number of halogens is 3. The van der Waals surface area contributed by atoms with Crippen LogP contribution in [0.25, 0.3) is 33.1 Å². The lowest BCUT2D eigenvalue weighted by Crippen LogP contribution is -2.43. The van der Waals surface area contributed by atoms with Crippen LogP contribution in [0.3, 0.4) is 0 Å². The van der Waals surface area contributed by atoms with E-state index in [1.54, 1.807) is 23.1 Å². The Morgan fingerprint density at radius 2 is 2.02 bits per heavy atom. The Balaban J connectivity index is 1.24. The molecule has 3 aliphatic rings. The van der Waals surface area contributed by atoms with Gasteiger partial charge in [-0.3, -0.25) is 19.6 Å². The van der Waals surface area contributed by atoms with Crippen LogP contribution in [0.1, 0.15) is 25.7 Å². The van der Waals surface area contributed by atoms with Crippen LogP contribution in [0, 0.1) is 23.6 Å². The van der Waals surface area contributed by atoms with Crippen molar-refractivity contribution < 1.29 is 18.3 Å². The maximum absolute atomic E-state index is 16.8. The normalized spacial score (nSPS) is 21.9. The minimum atomic E-state index is -0.923. The van der Waals surface area contributed by atoms with Crippen molar-refractivity contribution >= 4 is 50.8 Å². The first kappa shape index (κ1) is 34.1. The van der Waals surface area contributed by atoms with Crippen molar-refractivity contribution in [1.82, 2.24) is 34.6 Å². The van der Waals surface area contributed by atoms with E-state index in [0.717, 1.165) is 25.8 Å². The maximum atomic E-state index is 16.8. The summed E-state index contributed by atoms with van der Waals surface area (Å²) in [7, 11) is 5.67. The smallest absolute Gasteiger partial charge is 0.319 e. The monoisotopic (exact) mass is 703 g/mol. The minimum Gasteiger partial charge on any atom is -0.461 e. The van der Waals surface area contributed by atoms with Crippen molar-refractivity contribution in [2.24, 2.45) is 5.92 Å². The Morgan fingerprint density at radius 1 is 1.18 bits per heavy atom. The Hall–Kier alpha value is -4.38. The molecule has 1 unspecified atom stereocenters. The highest BCUT2D eigenvalue weighted by Crippen LogP contribution is 2.41. The van der Waals surface area contributed by atoms with Crippen LogP contribution in [0.2, 0.25) is 5.02 Å². The fourth-order valence-corrected chi connectivity index (χ4v) is 7.91. The quantitative estimate of drug-likeness (QED) is 0.265. The summed E-state index contributed by atoms with van der Waals surface area (Å²) in [4.78, 5) is 38.8. The molecule has 262 valence electrons. The van der Waals surface area contributed by atoms with Gasteiger partial charge in [0.1, 0.15) is 41.3 Å². The number of likely N-dealkylation sites (tertiary alicyclic amines) is 1. The molecule has 4 aromatic rings. The molecule has 1 amide bonds. The average molecular weight is 704 g/mol. The van der Waals surface area contributed by atoms with Crippen LogP contribution >= 0.6 is 11.6 Å². The standard InChI is InChI=1S/C36H40ClF2N9O2/c1-45(2)12-5-9-28(49)47-14-10-22(19-47)18-46(3)34-25-17-41-33(32-29-23(15-27(40)42-32)7-4-8-26(29)37)30(39)31(25)43-35(44-34)50-21-36-11-6-13-48(36)20-24(38)16-36/h4,7-8,15,17,22,24H,6,10-14,16,18-21H2,1-3H3,(H2,40,42)/t22?,24-,36+/m1/s1. The number of aromatic nitrogens is 4. The fourth-order valence-electron chi connectivity index (χ4n) is 7.64. The molecule has 0 spiro atoms. The topological polar surface area (TPSA) is 117 Å². The van der Waals surface area contributed by atoms with Gasteiger partial charge in [0, 0.05) is 51.2 Å². The van der Waals surface area contributed by atoms with Gasteiger partial charge < -0.3 is 20.3 Å². The number of fused-ring (bicyclic) bond motifs is 3. The first-order valence-electron chi connectivity index (χ1n) is 16.9. The first-order chi connectivity index (χ1) is 24.0. The molecule has 0 aliphatic carbocycles. The van der Waals surface area contributed by atoms with Crippen molar-refractivity contribution in [3.8, 4) is 29.2 Å². The van der Waals surface area contributed by atoms with Gasteiger partial charge in [-0.2, -0.15) is 9.97 Å². The molecule has 3 saturated heterocycles. The van der Waals surface area contributed by atoms with Gasteiger partial charge in [0.25, 0.3) is 5.91 Å². The summed E-state index contributed by atoms with van der Waals surface area (Å²) in [5, 5.41) is 1.98. The molecule has 2 N–H and O–H groups in total. The van der Waals surface area contributed by atoms with Crippen molar-refractivity contribution in [2.75, 3.05) is 77.7 Å². The summed E-state index contributed by atoms with van der Waals surface area (Å²) in [6, 6.07) is 6.98. The van der Waals surface area contributed by atoms with Crippen LogP contribution in [0.4, 0.5) is 20.4 Å². The third kappa shape index (κ3) is 6.59. The number of rotatable bonds is 8. The van der Waals surface area contributed by atoms with E-state index >= 15 is 4.39 Å². The van der Waals surface area contributed by atoms with Crippen molar-refractivity contribution in [2.45, 2.75) is 37.4 Å². The van der Waals surface area contributed by atoms with E-state index in [-0.39, 0.29) is 47.2 Å². The molecule has 3 fully saturated rings. The van der Waals surface area contributed by atoms with E-state index < -0.39 is 17.5 Å². The number of nitrogen functional groups attached to an aromatic ring is 1. The van der Waals surface area contributed by atoms with Crippen molar-refractivity contribution in [1.29, 1.82) is 0 Å². The highest BCUT2D eigenvalue weighted by Gasteiger charge is 2.49. The van der Waals surface area contributed by atoms with E-state index in [2.05, 4.69) is 31.7 Å². The van der Waals surface area contributed by atoms with Gasteiger partial charge in [0.05, 0.1) is 22.5 Å². The third-order valence-corrected chi connectivity index (χ3v) is 10.3. The predicted octanol–water partition coefficient (Wildman–Crippen LogP) is 4.42. The molecule has 0 saturated carbocycles. The van der Waals surface area contributed by atoms with Crippen LogP contribution in [-0.4, -0.2) is 119 Å². The number of nitrogens with two attached hydrogens (primary N) is 1. The number of nitrogens with zero attached hydrogens (tertiary/aromatic N) is 8. The second-order valence-corrected chi connectivity index (χ2v) is 14.3. The van der Waals surface area contributed by atoms with Crippen LogP contribution in [0.5, 0.6) is 6.01 Å². The molecule has 3 atom stereocenters. The highest BCUT2D eigenvalue weighted by atomic mass is 35.5. The Morgan fingerprint density at radius 3 is 2.84 bits per heavy atom. The Labute approximate surface area is 294 Å². The Bertz CT molecular complexity index is 2020. The average Bonchev–Trinajstić information content (AvgIpc) is 3.77. The molecule has 11 nitrogen and oxygen atoms in total. The van der Waals surface area contributed by atoms with E-state index in [1.165, 1.54) is 6.20 Å². The summed E-state index contributed by atoms with van der Waals surface area (Å²) < 4.78 is 37.6. The number of hydrogen-bond acceptors (Lipinski definition) is 10. The highest BCUT2D eigenvalue weighted by molar-refractivity contribution is 6.36. The number of hydrogen-bond donors (Lipinski definition) is 1. The van der Waals surface area contributed by atoms with Crippen molar-refractivity contribution in [3.63, 3.8) is 0 Å². The van der Waals surface area contributed by atoms with E-state index in [1.807, 2.05) is 37.0 Å². The molecular weight excluding hydrogens is 664 g/mol. The molecular formula is C36H40ClF2N9O2. The lowest BCUT2D eigenvalue weighted by atomic mass is 9.95. The van der Waals surface area contributed by atoms with Gasteiger partial charge in [-0.05, 0) is 69.3 Å². The van der Waals surface area contributed by atoms with Crippen LogP contribution < -0.4 is 15.4 Å². The number of carbonyl (C=O) groups is 1. The van der Waals surface area contributed by atoms with Crippen molar-refractivity contribution in [3.05, 3.63) is 41.3 Å². The summed E-state index contributed by atoms with van der Waals surface area (Å²) in [6.07, 6.45) is 3.53. The first-order valence-corrected chi connectivity index (χ1v) is 17.3. The zero-order chi connectivity index (χ0) is 35.2. The van der Waals surface area contributed by atoms with Gasteiger partial charge in [-0.1, -0.05) is 29.7 Å². The lowest BCUT2D eigenvalue weighted by molar-refractivity contribution is -0.124. The van der Waals surface area contributed by atoms with Gasteiger partial charge in [0.2, 0.25) is 0 Å². The Kier molecular flexibility index (Phi) is 9.36. The van der Waals surface area contributed by atoms with E-state index in [4.69, 9.17) is 27.1 Å². The molecule has 0 bridgehead atoms. The number of alkyl halides is 1. The molecule has 14 heteroatoms. The zero-order valence-electron chi connectivity index (χ0n) is 28.4. The molecule has 3 aliphatic heterocycles. The number of amides is 1. The molecule has 3 aromatic heterocycles. The third-order valence-electron chi connectivity index (χ3n) is 9.98. The summed E-state index contributed by atoms with van der Waals surface area (Å²) >= 11 is 6.58. The SMILES string of the molecule is CN(C)CC#CC(=O)N1CCC(CN(C)c2nc(OC[C@@]34CCCN3C[C@H](F)C4)nc3c(F)c(-c4nc(N)cc5cccc(Cl)c45)ncc23)C1. The summed E-state index contributed by atoms with van der Waals surface area (Å²) in [5.74, 6) is 5.49. The summed E-state index contributed by atoms with van der Waals surface area (Å²) in [6.45, 7) is 3.56. The second kappa shape index (κ2) is 13.7. The number of carbonyl (C=O) groups excluding carboxylic acids is 1. The van der Waals surface area contributed by atoms with Gasteiger partial charge in [-0.15, -0.1) is 0 Å². The number of ether oxygens (including phenoxy) is 1. The molecule has 7 rings (SSSR count). The lowest BCUT2D eigenvalue weighted by Gasteiger charge is -2.31. The van der Waals surface area contributed by atoms with E-state index in [9.17, 15) is 9.18 Å². The number of anilines is 2. The molecule has 50 heavy (non-hydrogen) atoms. The fraction of sp³-hybridized carbons (Fsp3) is 0.472. The van der Waals surface area contributed by atoms with E-state index in [0.29, 0.717) is 66.1 Å². The van der Waals surface area contributed by atoms with Crippen LogP contribution in [0.15, 0.2) is 30.5 Å². The maximum Gasteiger partial charge on any atom is 0.319 e. The minimum absolute atomic E-state index is 0.00115. The predicted molar refractivity (Wildman–Crippen MR) is 190 cm³/mol. The van der Waals surface area contributed by atoms with Crippen LogP contribution in [-0.2, 0) is 4.79 Å². The number of pyridine rings is 2. The van der Waals surface area contributed by atoms with Gasteiger partial charge in [-0.25, -0.2) is 13.8 Å². The molecule has 1 aromatic carbocycles. The molecule has 0 radical (unpaired) electrons. The van der Waals surface area contributed by atoms with Gasteiger partial charge >= 0.3 is 6.01 Å². The summed E-state index contributed by atoms with van der Waals surface area (Å²) in [5.41, 5.74) is 5.84. The van der Waals surface area contributed by atoms with Gasteiger partial charge in [0.15, 0.2) is 5.82 Å². The second-order valence-electron chi connectivity index (χ2n) is 13.9. The zero-order valence-corrected chi connectivity index (χ0v) is 29.2. The largest absolute Gasteiger partial charge is 0.461 e. The number of benzene rings is 1. The molecule has 6 heterocycles.